The second-order valence-corrected chi connectivity index (χ2v) is 14.2. The summed E-state index contributed by atoms with van der Waals surface area (Å²) in [7, 11) is -0.170. The number of carboxylic acid groups (broad SMARTS) is 1. The molecule has 0 bridgehead atoms. The Morgan fingerprint density at radius 2 is 1.53 bits per heavy atom. The fraction of sp³-hybridized carbons (Fsp3) is 0.452. The molecule has 0 saturated carbocycles. The van der Waals surface area contributed by atoms with E-state index >= 15 is 0 Å². The minimum absolute atomic E-state index is 0.0743. The summed E-state index contributed by atoms with van der Waals surface area (Å²) in [6, 6.07) is 15.3. The van der Waals surface area contributed by atoms with Gasteiger partial charge in [-0.1, -0.05) is 61.9 Å². The third-order valence-corrected chi connectivity index (χ3v) is 9.98. The van der Waals surface area contributed by atoms with Crippen LogP contribution >= 0.6 is 23.7 Å². The van der Waals surface area contributed by atoms with E-state index in [9.17, 15) is 24.0 Å². The number of rotatable bonds is 18. The molecule has 0 fully saturated rings. The molecule has 0 heterocycles. The van der Waals surface area contributed by atoms with E-state index in [1.807, 2.05) is 36.4 Å². The Balaban J connectivity index is 1.29. The van der Waals surface area contributed by atoms with Crippen molar-refractivity contribution in [2.24, 2.45) is 0 Å². The Kier molecular flexibility index (Phi) is 14.8. The number of fused-ring (bicyclic) bond motifs is 3. The minimum Gasteiger partial charge on any atom is -0.481 e. The number of hydrogen-bond donors (Lipinski definition) is 5. The van der Waals surface area contributed by atoms with Crippen LogP contribution in [0.1, 0.15) is 63.5 Å². The molecule has 14 heteroatoms. The first-order valence-corrected chi connectivity index (χ1v) is 17.9. The lowest BCUT2D eigenvalue weighted by atomic mass is 9.98. The summed E-state index contributed by atoms with van der Waals surface area (Å²) in [6.07, 6.45) is 1.88. The summed E-state index contributed by atoms with van der Waals surface area (Å²) < 4.78 is 8.06. The van der Waals surface area contributed by atoms with Gasteiger partial charge in [-0.05, 0) is 66.6 Å². The lowest BCUT2D eigenvalue weighted by Gasteiger charge is -2.18. The molecular weight excluding hydrogens is 633 g/mol. The molecule has 0 saturated heterocycles. The van der Waals surface area contributed by atoms with Crippen molar-refractivity contribution < 1.29 is 33.8 Å². The largest absolute Gasteiger partial charge is 0.481 e. The van der Waals surface area contributed by atoms with E-state index < -0.39 is 40.7 Å². The number of carboxylic acids is 1. The van der Waals surface area contributed by atoms with E-state index in [0.29, 0.717) is 12.3 Å². The van der Waals surface area contributed by atoms with Crippen LogP contribution in [0.15, 0.2) is 48.5 Å². The molecule has 242 valence electrons. The van der Waals surface area contributed by atoms with Gasteiger partial charge in [0, 0.05) is 17.9 Å². The fourth-order valence-corrected chi connectivity index (χ4v) is 6.68. The van der Waals surface area contributed by atoms with Crippen LogP contribution in [0.2, 0.25) is 5.54 Å². The highest BCUT2D eigenvalue weighted by molar-refractivity contribution is 7.99. The van der Waals surface area contributed by atoms with Crippen LogP contribution in [0.25, 0.3) is 11.1 Å². The molecule has 5 N–H and O–H groups in total. The molecular formula is C31H40N4O7S2Si. The van der Waals surface area contributed by atoms with Crippen LogP contribution in [-0.2, 0) is 23.9 Å². The molecule has 2 radical (unpaired) electrons. The van der Waals surface area contributed by atoms with Crippen molar-refractivity contribution in [1.29, 1.82) is 0 Å². The van der Waals surface area contributed by atoms with Crippen LogP contribution < -0.4 is 20.3 Å². The monoisotopic (exact) mass is 672 g/mol. The number of thioether (sulfide) groups is 1. The van der Waals surface area contributed by atoms with Crippen LogP contribution in [0.3, 0.4) is 0 Å². The number of carbonyl (C=O) groups excluding carboxylic acids is 4. The van der Waals surface area contributed by atoms with E-state index in [0.717, 1.165) is 52.8 Å². The quantitative estimate of drug-likeness (QED) is 0.0680. The van der Waals surface area contributed by atoms with Crippen LogP contribution in [0.4, 0.5) is 4.79 Å². The molecule has 45 heavy (non-hydrogen) atoms. The van der Waals surface area contributed by atoms with Gasteiger partial charge in [0.25, 0.3) is 0 Å². The second kappa shape index (κ2) is 18.5. The molecule has 3 rings (SSSR count). The maximum atomic E-state index is 12.6. The van der Waals surface area contributed by atoms with E-state index in [4.69, 9.17) is 9.84 Å². The standard InChI is InChI=1S/C31H40N4O7S2Si/c1-19(28(38)35-45-21(3)30(40)32-18-43-16-10-4-5-15-27(36)37)33-29(39)20(2)44-34-31(41)42-17-26-24-13-8-6-11-22(24)23-12-7-9-14-25(23)26/h6-9,11-14,19-21,26H,4-5,10,15-18H2,1-3H3,(H,32,40)(H,33,39)(H,34,41)(H,35,38)(H,36,37)/t19-,20+,21+/m1/s1. The summed E-state index contributed by atoms with van der Waals surface area (Å²) in [5.74, 6) is -0.644. The van der Waals surface area contributed by atoms with E-state index in [1.54, 1.807) is 32.5 Å². The van der Waals surface area contributed by atoms with Crippen molar-refractivity contribution in [3.8, 4) is 11.1 Å². The molecule has 1 aliphatic rings. The van der Waals surface area contributed by atoms with Crippen molar-refractivity contribution in [1.82, 2.24) is 20.3 Å². The lowest BCUT2D eigenvalue weighted by molar-refractivity contribution is -0.137. The summed E-state index contributed by atoms with van der Waals surface area (Å²) >= 11 is 2.45. The Morgan fingerprint density at radius 3 is 2.18 bits per heavy atom. The van der Waals surface area contributed by atoms with Crippen LogP contribution in [0.5, 0.6) is 0 Å². The third kappa shape index (κ3) is 11.4. The summed E-state index contributed by atoms with van der Waals surface area (Å²) in [4.78, 5) is 63.1. The maximum absolute atomic E-state index is 12.6. The van der Waals surface area contributed by atoms with E-state index in [-0.39, 0.29) is 34.5 Å². The van der Waals surface area contributed by atoms with Crippen molar-refractivity contribution in [3.05, 3.63) is 59.7 Å². The van der Waals surface area contributed by atoms with Crippen molar-refractivity contribution in [3.63, 3.8) is 0 Å². The van der Waals surface area contributed by atoms with Gasteiger partial charge in [0.1, 0.15) is 17.9 Å². The van der Waals surface area contributed by atoms with Gasteiger partial charge >= 0.3 is 12.1 Å². The maximum Gasteiger partial charge on any atom is 0.417 e. The van der Waals surface area contributed by atoms with Gasteiger partial charge in [0.2, 0.25) is 17.7 Å². The normalized spacial score (nSPS) is 13.8. The SMILES string of the molecule is C[C@H]([Si]NC(=O)[C@@H](C)NC(=O)[C@H](C)SNC(=O)OCC1c2ccccc2-c2ccccc21)C(=O)NCSCCCCCC(=O)O. The number of unbranched alkanes of at least 4 members (excludes halogenated alkanes) is 2. The number of carbonyl (C=O) groups is 5. The van der Waals surface area contributed by atoms with Gasteiger partial charge < -0.3 is 25.5 Å². The lowest BCUT2D eigenvalue weighted by Crippen LogP contribution is -2.49. The Bertz CT molecular complexity index is 1300. The van der Waals surface area contributed by atoms with Gasteiger partial charge in [0.15, 0.2) is 9.68 Å². The predicted molar refractivity (Wildman–Crippen MR) is 178 cm³/mol. The molecule has 0 unspecified atom stereocenters. The number of hydrogen-bond acceptors (Lipinski definition) is 8. The predicted octanol–water partition coefficient (Wildman–Crippen LogP) is 4.06. The number of ether oxygens (including phenoxy) is 1. The fourth-order valence-electron chi connectivity index (χ4n) is 4.57. The van der Waals surface area contributed by atoms with Gasteiger partial charge in [-0.2, -0.15) is 0 Å². The van der Waals surface area contributed by atoms with Gasteiger partial charge in [-0.3, -0.25) is 23.9 Å². The average molecular weight is 673 g/mol. The topological polar surface area (TPSA) is 163 Å². The summed E-state index contributed by atoms with van der Waals surface area (Å²) in [5.41, 5.74) is 4.03. The number of benzene rings is 2. The van der Waals surface area contributed by atoms with Crippen LogP contribution in [-0.4, -0.2) is 74.1 Å². The van der Waals surface area contributed by atoms with Crippen molar-refractivity contribution in [2.45, 2.75) is 69.2 Å². The average Bonchev–Trinajstić information content (AvgIpc) is 3.35. The number of amides is 4. The van der Waals surface area contributed by atoms with Crippen molar-refractivity contribution in [2.75, 3.05) is 18.2 Å². The highest BCUT2D eigenvalue weighted by Crippen LogP contribution is 2.44. The smallest absolute Gasteiger partial charge is 0.417 e. The Labute approximate surface area is 274 Å². The second-order valence-electron chi connectivity index (χ2n) is 10.6. The van der Waals surface area contributed by atoms with E-state index in [1.165, 1.54) is 0 Å². The molecule has 2 aromatic carbocycles. The van der Waals surface area contributed by atoms with Gasteiger partial charge in [-0.25, -0.2) is 4.79 Å². The molecule has 2 aromatic rings. The van der Waals surface area contributed by atoms with Crippen molar-refractivity contribution >= 4 is 63.2 Å². The zero-order chi connectivity index (χ0) is 32.8. The van der Waals surface area contributed by atoms with Crippen LogP contribution in [0, 0.1) is 0 Å². The highest BCUT2D eigenvalue weighted by atomic mass is 32.2. The van der Waals surface area contributed by atoms with Gasteiger partial charge in [-0.15, -0.1) is 11.8 Å². The third-order valence-electron chi connectivity index (χ3n) is 7.12. The molecule has 11 nitrogen and oxygen atoms in total. The first-order valence-electron chi connectivity index (χ1n) is 14.8. The highest BCUT2D eigenvalue weighted by Gasteiger charge is 2.29. The number of aliphatic carboxylic acids is 1. The molecule has 1 aliphatic carbocycles. The van der Waals surface area contributed by atoms with E-state index in [2.05, 4.69) is 32.5 Å². The molecule has 0 spiro atoms. The molecule has 4 amide bonds. The van der Waals surface area contributed by atoms with Gasteiger partial charge in [0.05, 0.1) is 5.88 Å². The Hall–Kier alpha value is -3.49. The molecule has 0 aliphatic heterocycles. The zero-order valence-electron chi connectivity index (χ0n) is 25.6. The molecule has 0 aromatic heterocycles. The summed E-state index contributed by atoms with van der Waals surface area (Å²) in [5, 5.41) is 13.4. The zero-order valence-corrected chi connectivity index (χ0v) is 28.2. The first kappa shape index (κ1) is 36.0. The Morgan fingerprint density at radius 1 is 0.889 bits per heavy atom. The number of nitrogens with one attached hydrogen (secondary N) is 4. The first-order chi connectivity index (χ1) is 21.6. The minimum atomic E-state index is -0.838. The molecule has 3 atom stereocenters. The summed E-state index contributed by atoms with van der Waals surface area (Å²) in [6.45, 7) is 5.02.